The Morgan fingerprint density at radius 2 is 1.88 bits per heavy atom. The van der Waals surface area contributed by atoms with Gasteiger partial charge >= 0.3 is 6.18 Å². The number of ether oxygens (including phenoxy) is 1. The summed E-state index contributed by atoms with van der Waals surface area (Å²) in [6.45, 7) is 1.10. The molecule has 1 fully saturated rings. The Kier molecular flexibility index (Phi) is 6.48. The lowest BCUT2D eigenvalue weighted by Gasteiger charge is -2.31. The topological polar surface area (TPSA) is 41.6 Å². The summed E-state index contributed by atoms with van der Waals surface area (Å²) in [7, 11) is 1.63. The molecule has 2 rings (SSSR count). The number of methoxy groups -OCH3 is 1. The SMILES string of the molecule is COc1ccc(CCN2CCC(C(=O)NCC(F)(F)F)CC2)cc1. The third-order valence-electron chi connectivity index (χ3n) is 4.30. The molecule has 1 N–H and O–H groups in total. The number of piperidine rings is 1. The zero-order valence-electron chi connectivity index (χ0n) is 13.7. The number of carbonyl (C=O) groups excluding carboxylic acids is 1. The molecule has 4 nitrogen and oxygen atoms in total. The molecule has 24 heavy (non-hydrogen) atoms. The summed E-state index contributed by atoms with van der Waals surface area (Å²) in [6.07, 6.45) is -2.25. The average Bonchev–Trinajstić information content (AvgIpc) is 2.58. The number of carbonyl (C=O) groups is 1. The standard InChI is InChI=1S/C17H23F3N2O2/c1-24-15-4-2-13(3-5-15)6-9-22-10-7-14(8-11-22)16(23)21-12-17(18,19)20/h2-5,14H,6-12H2,1H3,(H,21,23). The lowest BCUT2D eigenvalue weighted by atomic mass is 9.95. The molecule has 0 unspecified atom stereocenters. The number of nitrogens with zero attached hydrogens (tertiary/aromatic N) is 1. The quantitative estimate of drug-likeness (QED) is 0.863. The molecular weight excluding hydrogens is 321 g/mol. The predicted octanol–water partition coefficient (Wildman–Crippen LogP) is 2.63. The van der Waals surface area contributed by atoms with Crippen molar-refractivity contribution in [3.05, 3.63) is 29.8 Å². The Morgan fingerprint density at radius 1 is 1.25 bits per heavy atom. The van der Waals surface area contributed by atoms with Crippen LogP contribution in [0.25, 0.3) is 0 Å². The number of halogens is 3. The zero-order valence-corrected chi connectivity index (χ0v) is 13.7. The maximum atomic E-state index is 12.1. The molecule has 0 bridgehead atoms. The minimum atomic E-state index is -4.35. The Balaban J connectivity index is 1.69. The van der Waals surface area contributed by atoms with E-state index in [1.54, 1.807) is 7.11 Å². The minimum Gasteiger partial charge on any atom is -0.497 e. The van der Waals surface area contributed by atoms with Gasteiger partial charge in [0.05, 0.1) is 7.11 Å². The van der Waals surface area contributed by atoms with Gasteiger partial charge in [0.2, 0.25) is 5.91 Å². The van der Waals surface area contributed by atoms with Crippen LogP contribution < -0.4 is 10.1 Å². The first-order valence-electron chi connectivity index (χ1n) is 8.07. The van der Waals surface area contributed by atoms with E-state index in [1.165, 1.54) is 5.56 Å². The molecule has 0 spiro atoms. The van der Waals surface area contributed by atoms with Gasteiger partial charge in [0.25, 0.3) is 0 Å². The number of nitrogens with one attached hydrogen (secondary N) is 1. The van der Waals surface area contributed by atoms with Gasteiger partial charge in [-0.05, 0) is 50.0 Å². The van der Waals surface area contributed by atoms with Gasteiger partial charge in [0.15, 0.2) is 0 Å². The highest BCUT2D eigenvalue weighted by molar-refractivity contribution is 5.78. The van der Waals surface area contributed by atoms with E-state index in [9.17, 15) is 18.0 Å². The van der Waals surface area contributed by atoms with Crippen molar-refractivity contribution in [1.82, 2.24) is 10.2 Å². The molecule has 0 aromatic heterocycles. The first-order valence-corrected chi connectivity index (χ1v) is 8.07. The van der Waals surface area contributed by atoms with Crippen LogP contribution in [-0.4, -0.2) is 50.3 Å². The van der Waals surface area contributed by atoms with Crippen LogP contribution in [0.4, 0.5) is 13.2 Å². The fraction of sp³-hybridized carbons (Fsp3) is 0.588. The number of amides is 1. The highest BCUT2D eigenvalue weighted by atomic mass is 19.4. The van der Waals surface area contributed by atoms with E-state index in [-0.39, 0.29) is 5.92 Å². The van der Waals surface area contributed by atoms with Crippen LogP contribution >= 0.6 is 0 Å². The van der Waals surface area contributed by atoms with Gasteiger partial charge in [-0.2, -0.15) is 13.2 Å². The minimum absolute atomic E-state index is 0.315. The van der Waals surface area contributed by atoms with Crippen LogP contribution in [0.5, 0.6) is 5.75 Å². The van der Waals surface area contributed by atoms with Crippen molar-refractivity contribution in [2.24, 2.45) is 5.92 Å². The molecular formula is C17H23F3N2O2. The maximum absolute atomic E-state index is 12.1. The second-order valence-corrected chi connectivity index (χ2v) is 6.05. The first-order chi connectivity index (χ1) is 11.4. The molecule has 0 aliphatic carbocycles. The molecule has 1 heterocycles. The molecule has 0 saturated carbocycles. The third-order valence-corrected chi connectivity index (χ3v) is 4.30. The van der Waals surface area contributed by atoms with Crippen molar-refractivity contribution in [2.75, 3.05) is 33.3 Å². The molecule has 7 heteroatoms. The van der Waals surface area contributed by atoms with Gasteiger partial charge in [-0.15, -0.1) is 0 Å². The van der Waals surface area contributed by atoms with Crippen LogP contribution in [-0.2, 0) is 11.2 Å². The fourth-order valence-electron chi connectivity index (χ4n) is 2.83. The van der Waals surface area contributed by atoms with E-state index in [0.29, 0.717) is 12.8 Å². The van der Waals surface area contributed by atoms with Crippen LogP contribution in [0.15, 0.2) is 24.3 Å². The number of alkyl halides is 3. The highest BCUT2D eigenvalue weighted by Crippen LogP contribution is 2.19. The van der Waals surface area contributed by atoms with E-state index in [2.05, 4.69) is 4.90 Å². The van der Waals surface area contributed by atoms with E-state index in [0.717, 1.165) is 31.8 Å². The monoisotopic (exact) mass is 344 g/mol. The Hall–Kier alpha value is -1.76. The summed E-state index contributed by atoms with van der Waals surface area (Å²) in [5, 5.41) is 1.98. The Labute approximate surface area is 140 Å². The molecule has 1 aromatic carbocycles. The van der Waals surface area contributed by atoms with Crippen LogP contribution in [0, 0.1) is 5.92 Å². The van der Waals surface area contributed by atoms with Crippen molar-refractivity contribution >= 4 is 5.91 Å². The van der Waals surface area contributed by atoms with E-state index >= 15 is 0 Å². The Bertz CT molecular complexity index is 524. The van der Waals surface area contributed by atoms with Gasteiger partial charge in [-0.1, -0.05) is 12.1 Å². The largest absolute Gasteiger partial charge is 0.497 e. The molecule has 0 radical (unpaired) electrons. The summed E-state index contributed by atoms with van der Waals surface area (Å²) < 4.78 is 41.5. The number of likely N-dealkylation sites (tertiary alicyclic amines) is 1. The van der Waals surface area contributed by atoms with E-state index < -0.39 is 18.6 Å². The maximum Gasteiger partial charge on any atom is 0.405 e. The van der Waals surface area contributed by atoms with E-state index in [1.807, 2.05) is 29.6 Å². The summed E-state index contributed by atoms with van der Waals surface area (Å²) in [6, 6.07) is 7.89. The van der Waals surface area contributed by atoms with Gasteiger partial charge in [0, 0.05) is 12.5 Å². The van der Waals surface area contributed by atoms with Gasteiger partial charge in [0.1, 0.15) is 12.3 Å². The lowest BCUT2D eigenvalue weighted by Crippen LogP contribution is -2.43. The number of hydrogen-bond donors (Lipinski definition) is 1. The second-order valence-electron chi connectivity index (χ2n) is 6.05. The number of rotatable bonds is 6. The number of benzene rings is 1. The van der Waals surface area contributed by atoms with Crippen LogP contribution in [0.1, 0.15) is 18.4 Å². The summed E-state index contributed by atoms with van der Waals surface area (Å²) in [5.41, 5.74) is 1.21. The summed E-state index contributed by atoms with van der Waals surface area (Å²) >= 11 is 0. The lowest BCUT2D eigenvalue weighted by molar-refractivity contribution is -0.141. The van der Waals surface area contributed by atoms with Crippen molar-refractivity contribution in [1.29, 1.82) is 0 Å². The van der Waals surface area contributed by atoms with Gasteiger partial charge in [-0.3, -0.25) is 4.79 Å². The first kappa shape index (κ1) is 18.6. The van der Waals surface area contributed by atoms with Gasteiger partial charge in [-0.25, -0.2) is 0 Å². The van der Waals surface area contributed by atoms with Crippen LogP contribution in [0.3, 0.4) is 0 Å². The number of hydrogen-bond acceptors (Lipinski definition) is 3. The second kappa shape index (κ2) is 8.37. The molecule has 1 amide bonds. The zero-order chi connectivity index (χ0) is 17.6. The molecule has 0 atom stereocenters. The van der Waals surface area contributed by atoms with Crippen molar-refractivity contribution in [2.45, 2.75) is 25.4 Å². The smallest absolute Gasteiger partial charge is 0.405 e. The van der Waals surface area contributed by atoms with Crippen molar-refractivity contribution < 1.29 is 22.7 Å². The highest BCUT2D eigenvalue weighted by Gasteiger charge is 2.30. The Morgan fingerprint density at radius 3 is 2.42 bits per heavy atom. The fourth-order valence-corrected chi connectivity index (χ4v) is 2.83. The average molecular weight is 344 g/mol. The van der Waals surface area contributed by atoms with Crippen molar-refractivity contribution in [3.8, 4) is 5.75 Å². The molecule has 1 aliphatic rings. The van der Waals surface area contributed by atoms with E-state index in [4.69, 9.17) is 4.74 Å². The molecule has 134 valence electrons. The van der Waals surface area contributed by atoms with Crippen LogP contribution in [0.2, 0.25) is 0 Å². The molecule has 1 saturated heterocycles. The molecule has 1 aliphatic heterocycles. The van der Waals surface area contributed by atoms with Gasteiger partial charge < -0.3 is 15.0 Å². The summed E-state index contributed by atoms with van der Waals surface area (Å²) in [5.74, 6) is 0.0242. The van der Waals surface area contributed by atoms with Crippen molar-refractivity contribution in [3.63, 3.8) is 0 Å². The third kappa shape index (κ3) is 6.03. The normalized spacial score (nSPS) is 16.8. The summed E-state index contributed by atoms with van der Waals surface area (Å²) in [4.78, 5) is 14.0. The predicted molar refractivity (Wildman–Crippen MR) is 84.9 cm³/mol. The molecule has 1 aromatic rings.